The number of hydrogen-bond donors (Lipinski definition) is 0. The number of allylic oxidation sites excluding steroid dienone is 8. The zero-order valence-electron chi connectivity index (χ0n) is 53.5. The first-order valence-electron chi connectivity index (χ1n) is 30.8. The van der Waals surface area contributed by atoms with E-state index in [0.717, 1.165) is 74.4 Å². The maximum Gasteiger partial charge on any atom is 0.318 e. The summed E-state index contributed by atoms with van der Waals surface area (Å²) in [5.74, 6) is 0.0410. The Morgan fingerprint density at radius 3 is 0.767 bits per heavy atom. The van der Waals surface area contributed by atoms with E-state index < -0.39 is 23.9 Å². The van der Waals surface area contributed by atoms with E-state index in [1.165, 1.54) is 47.0 Å². The molecule has 0 radical (unpaired) electrons. The normalized spacial score (nSPS) is 13.2. The molecule has 86 heavy (non-hydrogen) atoms. The van der Waals surface area contributed by atoms with Crippen LogP contribution in [0, 0.1) is 0 Å². The second kappa shape index (κ2) is 57.4. The van der Waals surface area contributed by atoms with Crippen LogP contribution in [0.3, 0.4) is 0 Å². The minimum atomic E-state index is -0.464. The predicted octanol–water partition coefficient (Wildman–Crippen LogP) is 10.1. The van der Waals surface area contributed by atoms with Gasteiger partial charge in [-0.2, -0.15) is 0 Å². The standard InChI is InChI=1S/C63H107N3O16S4/c1-10-14-18-22-48-83-52(5)60(71)79-44-40-75-56(67)28-36-65(37-29-57(68)76-41-45-80-61(72)53(6)84-49-23-19-15-11-2)34-26-32-64(9)33-27-35-66(38-30-58(69)77-42-46-81-62(73)54(7)85-50-24-20-16-12-3)39-31-59(70)78-43-47-82-63(74)55(8)86-51-25-21-17-13-4/h10-17,52-55H,18-51H2,1-9H3/b14-10+,15-11+,16-12+,17-13+. The third-order valence-corrected chi connectivity index (χ3v) is 17.6. The minimum Gasteiger partial charge on any atom is -0.462 e. The zero-order valence-corrected chi connectivity index (χ0v) is 56.7. The van der Waals surface area contributed by atoms with Gasteiger partial charge in [-0.1, -0.05) is 48.6 Å². The molecule has 19 nitrogen and oxygen atoms in total. The van der Waals surface area contributed by atoms with Crippen LogP contribution < -0.4 is 0 Å². The number of hydrogen-bond acceptors (Lipinski definition) is 23. The number of esters is 8. The largest absolute Gasteiger partial charge is 0.462 e. The first-order chi connectivity index (χ1) is 41.5. The summed E-state index contributed by atoms with van der Waals surface area (Å²) < 4.78 is 42.9. The summed E-state index contributed by atoms with van der Waals surface area (Å²) in [7, 11) is 1.99. The molecule has 0 aromatic carbocycles. The van der Waals surface area contributed by atoms with Gasteiger partial charge >= 0.3 is 47.8 Å². The summed E-state index contributed by atoms with van der Waals surface area (Å²) in [5.41, 5.74) is 0. The fourth-order valence-corrected chi connectivity index (χ4v) is 11.2. The fraction of sp³-hybridized carbons (Fsp3) is 0.746. The molecule has 0 saturated carbocycles. The van der Waals surface area contributed by atoms with Crippen molar-refractivity contribution in [2.75, 3.05) is 135 Å². The first-order valence-corrected chi connectivity index (χ1v) is 35.0. The van der Waals surface area contributed by atoms with Crippen LogP contribution in [0.1, 0.15) is 145 Å². The number of rotatable bonds is 56. The maximum atomic E-state index is 12.9. The Kier molecular flexibility index (Phi) is 54.8. The van der Waals surface area contributed by atoms with Gasteiger partial charge in [-0.25, -0.2) is 0 Å². The van der Waals surface area contributed by atoms with Crippen molar-refractivity contribution in [1.29, 1.82) is 0 Å². The summed E-state index contributed by atoms with van der Waals surface area (Å²) in [6, 6.07) is 0. The van der Waals surface area contributed by atoms with E-state index >= 15 is 0 Å². The van der Waals surface area contributed by atoms with Crippen LogP contribution in [0.5, 0.6) is 0 Å². The number of carbonyl (C=O) groups excluding carboxylic acids is 8. The highest BCUT2D eigenvalue weighted by atomic mass is 32.2. The Labute approximate surface area is 533 Å². The Hall–Kier alpha value is -4.00. The van der Waals surface area contributed by atoms with Gasteiger partial charge in [0.05, 0.1) is 46.7 Å². The molecule has 0 rings (SSSR count). The smallest absolute Gasteiger partial charge is 0.318 e. The number of unbranched alkanes of at least 4 members (excludes halogenated alkanes) is 4. The van der Waals surface area contributed by atoms with Crippen molar-refractivity contribution in [3.05, 3.63) is 48.6 Å². The number of ether oxygens (including phenoxy) is 8. The summed E-state index contributed by atoms with van der Waals surface area (Å²) in [6.45, 7) is 18.3. The number of thioether (sulfide) groups is 4. The SMILES string of the molecule is C/C=C/CCCSC(C)C(=O)OCCOC(=O)CCN(CCCN(C)CCCN(CCC(=O)OCCOC(=O)C(C)SCCC/C=C/C)CCC(=O)OCCOC(=O)C(C)SCCC/C=C/C)CCC(=O)OCCOC(=O)C(C)SCCC/C=C/C. The second-order valence-electron chi connectivity index (χ2n) is 20.1. The molecule has 0 aromatic heterocycles. The molecule has 0 N–H and O–H groups in total. The van der Waals surface area contributed by atoms with E-state index in [-0.39, 0.29) is 123 Å². The minimum absolute atomic E-state index is 0.0448. The van der Waals surface area contributed by atoms with E-state index in [2.05, 4.69) is 29.2 Å². The Morgan fingerprint density at radius 1 is 0.326 bits per heavy atom. The average Bonchev–Trinajstić information content (AvgIpc) is 3.51. The van der Waals surface area contributed by atoms with Crippen LogP contribution in [-0.2, 0) is 76.3 Å². The highest BCUT2D eigenvalue weighted by Gasteiger charge is 2.20. The van der Waals surface area contributed by atoms with Gasteiger partial charge in [0, 0.05) is 26.2 Å². The van der Waals surface area contributed by atoms with Gasteiger partial charge in [0.2, 0.25) is 0 Å². The molecule has 494 valence electrons. The summed E-state index contributed by atoms with van der Waals surface area (Å²) in [6.07, 6.45) is 25.6. The first kappa shape index (κ1) is 82.0. The average molecular weight is 1290 g/mol. The van der Waals surface area contributed by atoms with E-state index in [1.807, 2.05) is 68.8 Å². The van der Waals surface area contributed by atoms with Crippen molar-refractivity contribution in [2.45, 2.75) is 166 Å². The third kappa shape index (κ3) is 49.9. The molecule has 4 atom stereocenters. The number of carbonyl (C=O) groups is 8. The molecule has 0 aliphatic carbocycles. The van der Waals surface area contributed by atoms with Crippen LogP contribution in [0.2, 0.25) is 0 Å². The number of nitrogens with zero attached hydrogens (tertiary/aromatic N) is 3. The topological polar surface area (TPSA) is 220 Å². The molecule has 0 amide bonds. The Bertz CT molecular complexity index is 1700. The molecule has 4 unspecified atom stereocenters. The maximum absolute atomic E-state index is 12.9. The van der Waals surface area contributed by atoms with Gasteiger partial charge in [-0.05, 0) is 176 Å². The predicted molar refractivity (Wildman–Crippen MR) is 350 cm³/mol. The summed E-state index contributed by atoms with van der Waals surface area (Å²) >= 11 is 6.10. The highest BCUT2D eigenvalue weighted by molar-refractivity contribution is 8.01. The van der Waals surface area contributed by atoms with Crippen molar-refractivity contribution in [1.82, 2.24) is 14.7 Å². The van der Waals surface area contributed by atoms with Crippen molar-refractivity contribution < 1.29 is 76.3 Å². The van der Waals surface area contributed by atoms with Gasteiger partial charge in [-0.15, -0.1) is 47.0 Å². The molecule has 0 heterocycles. The molecule has 0 aliphatic heterocycles. The lowest BCUT2D eigenvalue weighted by atomic mass is 10.2. The lowest BCUT2D eigenvalue weighted by molar-refractivity contribution is -0.152. The highest BCUT2D eigenvalue weighted by Crippen LogP contribution is 2.18. The summed E-state index contributed by atoms with van der Waals surface area (Å²) in [5, 5.41) is -1.33. The van der Waals surface area contributed by atoms with Gasteiger partial charge in [0.25, 0.3) is 0 Å². The van der Waals surface area contributed by atoms with E-state index in [0.29, 0.717) is 65.2 Å². The fourth-order valence-electron chi connectivity index (χ4n) is 7.64. The van der Waals surface area contributed by atoms with E-state index in [4.69, 9.17) is 37.9 Å². The van der Waals surface area contributed by atoms with Crippen molar-refractivity contribution in [3.8, 4) is 0 Å². The van der Waals surface area contributed by atoms with Crippen LogP contribution in [-0.4, -0.2) is 219 Å². The van der Waals surface area contributed by atoms with Crippen molar-refractivity contribution >= 4 is 94.8 Å². The lowest BCUT2D eigenvalue weighted by Gasteiger charge is -2.25. The van der Waals surface area contributed by atoms with Gasteiger partial charge in [-0.3, -0.25) is 38.4 Å². The second-order valence-corrected chi connectivity index (χ2v) is 25.9. The zero-order chi connectivity index (χ0) is 63.8. The molecule has 0 spiro atoms. The molecular formula is C63H107N3O16S4. The van der Waals surface area contributed by atoms with Crippen LogP contribution in [0.15, 0.2) is 48.6 Å². The van der Waals surface area contributed by atoms with Crippen LogP contribution in [0.25, 0.3) is 0 Å². The lowest BCUT2D eigenvalue weighted by Crippen LogP contribution is -2.34. The monoisotopic (exact) mass is 1290 g/mol. The van der Waals surface area contributed by atoms with Gasteiger partial charge in [0.15, 0.2) is 0 Å². The van der Waals surface area contributed by atoms with Gasteiger partial charge < -0.3 is 52.6 Å². The van der Waals surface area contributed by atoms with Crippen molar-refractivity contribution in [2.24, 2.45) is 0 Å². The molecule has 0 saturated heterocycles. The Balaban J connectivity index is 5.48. The molecule has 0 fully saturated rings. The van der Waals surface area contributed by atoms with Crippen LogP contribution in [0.4, 0.5) is 0 Å². The summed E-state index contributed by atoms with van der Waals surface area (Å²) in [4.78, 5) is 107. The van der Waals surface area contributed by atoms with Crippen LogP contribution >= 0.6 is 47.0 Å². The molecule has 23 heteroatoms. The molecule has 0 bridgehead atoms. The molecule has 0 aliphatic rings. The third-order valence-electron chi connectivity index (χ3n) is 12.7. The van der Waals surface area contributed by atoms with Crippen molar-refractivity contribution in [3.63, 3.8) is 0 Å². The molecule has 0 aromatic rings. The van der Waals surface area contributed by atoms with E-state index in [1.54, 1.807) is 27.7 Å². The van der Waals surface area contributed by atoms with E-state index in [9.17, 15) is 38.4 Å². The quantitative estimate of drug-likeness (QED) is 0.0239. The van der Waals surface area contributed by atoms with Gasteiger partial charge in [0.1, 0.15) is 52.9 Å². The Morgan fingerprint density at radius 2 is 0.547 bits per heavy atom. The molecular weight excluding hydrogens is 1180 g/mol.